The van der Waals surface area contributed by atoms with Crippen molar-refractivity contribution >= 4 is 12.1 Å². The molecule has 2 aliphatic heterocycles. The fraction of sp³-hybridized carbons (Fsp3) is 0.250. The number of benzene rings is 2. The Morgan fingerprint density at radius 1 is 1.20 bits per heavy atom. The third-order valence-electron chi connectivity index (χ3n) is 4.85. The number of nitrogens with one attached hydrogen (secondary N) is 1. The monoisotopic (exact) mass is 331 g/mol. The number of nitriles is 1. The van der Waals surface area contributed by atoms with Crippen molar-refractivity contribution in [3.8, 4) is 11.8 Å². The quantitative estimate of drug-likeness (QED) is 0.934. The van der Waals surface area contributed by atoms with Gasteiger partial charge in [-0.15, -0.1) is 0 Å². The van der Waals surface area contributed by atoms with Gasteiger partial charge in [0, 0.05) is 36.7 Å². The summed E-state index contributed by atoms with van der Waals surface area (Å²) in [5.41, 5.74) is 3.34. The van der Waals surface area contributed by atoms with Gasteiger partial charge in [-0.2, -0.15) is 5.26 Å². The molecule has 4 rings (SSSR count). The molecule has 1 amide bonds. The maximum atomic E-state index is 11.7. The zero-order valence-electron chi connectivity index (χ0n) is 13.6. The molecule has 1 N–H and O–H groups in total. The maximum absolute atomic E-state index is 11.7. The number of rotatable bonds is 4. The molecule has 0 unspecified atom stereocenters. The lowest BCUT2D eigenvalue weighted by Gasteiger charge is -2.19. The van der Waals surface area contributed by atoms with E-state index in [1.165, 1.54) is 5.56 Å². The van der Waals surface area contributed by atoms with E-state index in [1.54, 1.807) is 12.3 Å². The summed E-state index contributed by atoms with van der Waals surface area (Å²) in [4.78, 5) is 15.5. The first-order valence-corrected chi connectivity index (χ1v) is 8.30. The van der Waals surface area contributed by atoms with Crippen LogP contribution in [0.25, 0.3) is 0 Å². The van der Waals surface area contributed by atoms with Crippen molar-refractivity contribution in [3.63, 3.8) is 0 Å². The molecule has 0 aromatic heterocycles. The van der Waals surface area contributed by atoms with E-state index in [9.17, 15) is 4.79 Å². The number of carbonyl (C=O) groups excluding carboxylic acids is 1. The Balaban J connectivity index is 1.44. The predicted molar refractivity (Wildman–Crippen MR) is 94.1 cm³/mol. The van der Waals surface area contributed by atoms with E-state index in [4.69, 9.17) is 10.00 Å². The van der Waals surface area contributed by atoms with Gasteiger partial charge in [0.05, 0.1) is 23.8 Å². The van der Waals surface area contributed by atoms with Crippen LogP contribution >= 0.6 is 0 Å². The van der Waals surface area contributed by atoms with Crippen LogP contribution in [0.1, 0.15) is 33.0 Å². The van der Waals surface area contributed by atoms with Crippen molar-refractivity contribution in [3.05, 3.63) is 64.7 Å². The van der Waals surface area contributed by atoms with Gasteiger partial charge in [0.2, 0.25) is 0 Å². The Bertz CT molecular complexity index is 881. The highest BCUT2D eigenvalue weighted by molar-refractivity contribution is 6.13. The molecule has 5 nitrogen and oxygen atoms in total. The second kappa shape index (κ2) is 6.50. The summed E-state index contributed by atoms with van der Waals surface area (Å²) >= 11 is 0. The summed E-state index contributed by atoms with van der Waals surface area (Å²) in [6.07, 6.45) is 1.59. The van der Waals surface area contributed by atoms with Gasteiger partial charge in [-0.25, -0.2) is 4.99 Å². The molecule has 0 saturated carbocycles. The first-order valence-electron chi connectivity index (χ1n) is 8.30. The lowest BCUT2D eigenvalue weighted by atomic mass is 9.89. The number of aliphatic imine (C=N–C) groups is 1. The number of carbonyl (C=O) groups is 1. The van der Waals surface area contributed by atoms with E-state index in [0.29, 0.717) is 35.3 Å². The largest absolute Gasteiger partial charge is 0.493 e. The first-order chi connectivity index (χ1) is 12.2. The van der Waals surface area contributed by atoms with Crippen molar-refractivity contribution in [1.29, 1.82) is 5.26 Å². The minimum atomic E-state index is -0.210. The minimum absolute atomic E-state index is 0.210. The van der Waals surface area contributed by atoms with E-state index >= 15 is 0 Å². The Kier molecular flexibility index (Phi) is 4.04. The molecule has 1 saturated heterocycles. The molecule has 2 atom stereocenters. The second-order valence-corrected chi connectivity index (χ2v) is 6.38. The van der Waals surface area contributed by atoms with Crippen LogP contribution in [-0.4, -0.2) is 31.8 Å². The van der Waals surface area contributed by atoms with Crippen LogP contribution < -0.4 is 10.1 Å². The zero-order valence-corrected chi connectivity index (χ0v) is 13.6. The van der Waals surface area contributed by atoms with Crippen molar-refractivity contribution in [2.24, 2.45) is 10.9 Å². The molecule has 5 heteroatoms. The minimum Gasteiger partial charge on any atom is -0.493 e. The molecule has 0 aliphatic carbocycles. The lowest BCUT2D eigenvalue weighted by molar-refractivity contribution is 0.101. The topological polar surface area (TPSA) is 74.5 Å². The molecule has 2 aromatic rings. The van der Waals surface area contributed by atoms with Gasteiger partial charge in [-0.1, -0.05) is 12.1 Å². The van der Waals surface area contributed by atoms with Gasteiger partial charge < -0.3 is 10.1 Å². The first kappa shape index (κ1) is 15.6. The van der Waals surface area contributed by atoms with Crippen molar-refractivity contribution in [2.45, 2.75) is 5.92 Å². The number of hydrogen-bond donors (Lipinski definition) is 1. The second-order valence-electron chi connectivity index (χ2n) is 6.38. The van der Waals surface area contributed by atoms with E-state index in [0.717, 1.165) is 18.7 Å². The van der Waals surface area contributed by atoms with Gasteiger partial charge in [0.1, 0.15) is 5.75 Å². The fourth-order valence-corrected chi connectivity index (χ4v) is 3.43. The number of hydrogen-bond acceptors (Lipinski definition) is 4. The van der Waals surface area contributed by atoms with Gasteiger partial charge in [0.15, 0.2) is 0 Å². The van der Waals surface area contributed by atoms with Gasteiger partial charge in [-0.3, -0.25) is 4.79 Å². The molecule has 2 aliphatic rings. The average molecular weight is 331 g/mol. The molecule has 25 heavy (non-hydrogen) atoms. The Morgan fingerprint density at radius 3 is 2.84 bits per heavy atom. The van der Waals surface area contributed by atoms with Crippen LogP contribution in [0.3, 0.4) is 0 Å². The summed E-state index contributed by atoms with van der Waals surface area (Å²) in [6, 6.07) is 15.4. The number of ether oxygens (including phenoxy) is 1. The van der Waals surface area contributed by atoms with E-state index in [1.807, 2.05) is 36.4 Å². The highest BCUT2D eigenvalue weighted by Crippen LogP contribution is 2.29. The summed E-state index contributed by atoms with van der Waals surface area (Å²) in [5, 5.41) is 12.3. The normalized spacial score (nSPS) is 21.2. The van der Waals surface area contributed by atoms with Crippen molar-refractivity contribution in [2.75, 3.05) is 19.7 Å². The molecular weight excluding hydrogens is 314 g/mol. The highest BCUT2D eigenvalue weighted by atomic mass is 16.5. The van der Waals surface area contributed by atoms with Crippen molar-refractivity contribution < 1.29 is 9.53 Å². The van der Waals surface area contributed by atoms with Crippen molar-refractivity contribution in [1.82, 2.24) is 5.32 Å². The standard InChI is InChI=1S/C20H17N3O2/c21-8-13-1-3-14(4-2-13)19-11-22-9-16(19)12-25-17-6-5-15-10-23-20(24)18(15)7-17/h1-7,10,16,19,22H,9,11-12H2/t16-,19-/m0/s1. The number of nitrogens with zero attached hydrogens (tertiary/aromatic N) is 2. The zero-order chi connectivity index (χ0) is 17.2. The van der Waals surface area contributed by atoms with E-state index < -0.39 is 0 Å². The van der Waals surface area contributed by atoms with Gasteiger partial charge in [-0.05, 0) is 35.9 Å². The molecule has 0 radical (unpaired) electrons. The van der Waals surface area contributed by atoms with Crippen LogP contribution in [0.2, 0.25) is 0 Å². The highest BCUT2D eigenvalue weighted by Gasteiger charge is 2.29. The maximum Gasteiger partial charge on any atom is 0.277 e. The number of amides is 1. The van der Waals surface area contributed by atoms with E-state index in [2.05, 4.69) is 16.4 Å². The predicted octanol–water partition coefficient (Wildman–Crippen LogP) is 2.51. The molecular formula is C20H17N3O2. The average Bonchev–Trinajstić information content (AvgIpc) is 3.27. The molecule has 0 bridgehead atoms. The summed E-state index contributed by atoms with van der Waals surface area (Å²) in [7, 11) is 0. The summed E-state index contributed by atoms with van der Waals surface area (Å²) in [5.74, 6) is 1.18. The Hall–Kier alpha value is -2.97. The Labute approximate surface area is 146 Å². The number of fused-ring (bicyclic) bond motifs is 1. The SMILES string of the molecule is N#Cc1ccc([C@@H]2CNC[C@H]2COc2ccc3c(c2)C(=O)N=C3)cc1. The summed E-state index contributed by atoms with van der Waals surface area (Å²) < 4.78 is 5.96. The van der Waals surface area contributed by atoms with Crippen LogP contribution in [0.4, 0.5) is 0 Å². The molecule has 0 spiro atoms. The van der Waals surface area contributed by atoms with Gasteiger partial charge in [0.25, 0.3) is 5.91 Å². The van der Waals surface area contributed by atoms with E-state index in [-0.39, 0.29) is 5.91 Å². The molecule has 2 aromatic carbocycles. The molecule has 1 fully saturated rings. The van der Waals surface area contributed by atoms with Crippen LogP contribution in [0.15, 0.2) is 47.5 Å². The lowest BCUT2D eigenvalue weighted by Crippen LogP contribution is -2.19. The molecule has 2 heterocycles. The van der Waals surface area contributed by atoms with Gasteiger partial charge >= 0.3 is 0 Å². The third kappa shape index (κ3) is 3.04. The third-order valence-corrected chi connectivity index (χ3v) is 4.85. The van der Waals surface area contributed by atoms with Crippen LogP contribution in [-0.2, 0) is 0 Å². The van der Waals surface area contributed by atoms with Crippen LogP contribution in [0.5, 0.6) is 5.75 Å². The fourth-order valence-electron chi connectivity index (χ4n) is 3.43. The smallest absolute Gasteiger partial charge is 0.277 e. The Morgan fingerprint density at radius 2 is 2.04 bits per heavy atom. The molecule has 124 valence electrons. The summed E-state index contributed by atoms with van der Waals surface area (Å²) in [6.45, 7) is 2.36. The van der Waals surface area contributed by atoms with Crippen LogP contribution in [0, 0.1) is 17.2 Å².